The summed E-state index contributed by atoms with van der Waals surface area (Å²) >= 11 is 0. The van der Waals surface area contributed by atoms with Crippen molar-refractivity contribution in [2.45, 2.75) is 83.9 Å². The summed E-state index contributed by atoms with van der Waals surface area (Å²) in [6.07, 6.45) is 9.11. The van der Waals surface area contributed by atoms with E-state index in [4.69, 9.17) is 0 Å². The molecule has 0 radical (unpaired) electrons. The number of ether oxygens (including phenoxy) is 1. The Morgan fingerprint density at radius 2 is 1.54 bits per heavy atom. The van der Waals surface area contributed by atoms with Crippen LogP contribution in [0.15, 0.2) is 48.5 Å². The molecule has 37 heavy (non-hydrogen) atoms. The van der Waals surface area contributed by atoms with Gasteiger partial charge in [-0.25, -0.2) is 8.78 Å². The molecule has 0 N–H and O–H groups in total. The van der Waals surface area contributed by atoms with E-state index in [1.165, 1.54) is 69.4 Å². The first-order chi connectivity index (χ1) is 17.7. The van der Waals surface area contributed by atoms with Gasteiger partial charge in [-0.2, -0.15) is 0 Å². The topological polar surface area (TPSA) is 9.23 Å². The van der Waals surface area contributed by atoms with Gasteiger partial charge in [0, 0.05) is 10.9 Å². The molecule has 0 saturated heterocycles. The second kappa shape index (κ2) is 12.3. The molecular formula is C31H35F5O. The molecule has 3 aromatic rings. The Kier molecular flexibility index (Phi) is 9.09. The van der Waals surface area contributed by atoms with Crippen LogP contribution in [-0.4, -0.2) is 6.36 Å². The Morgan fingerprint density at radius 1 is 0.811 bits per heavy atom. The number of benzene rings is 3. The molecule has 1 fully saturated rings. The average Bonchev–Trinajstić information content (AvgIpc) is 2.87. The molecule has 6 heteroatoms. The van der Waals surface area contributed by atoms with Gasteiger partial charge in [-0.05, 0) is 53.3 Å². The van der Waals surface area contributed by atoms with Crippen LogP contribution in [0.2, 0.25) is 0 Å². The van der Waals surface area contributed by atoms with E-state index in [2.05, 4.69) is 11.7 Å². The van der Waals surface area contributed by atoms with Crippen LogP contribution in [-0.2, 0) is 6.42 Å². The maximum Gasteiger partial charge on any atom is 0.573 e. The van der Waals surface area contributed by atoms with Gasteiger partial charge in [0.15, 0.2) is 11.6 Å². The van der Waals surface area contributed by atoms with Crippen molar-refractivity contribution in [1.29, 1.82) is 0 Å². The third-order valence-corrected chi connectivity index (χ3v) is 7.76. The van der Waals surface area contributed by atoms with Crippen molar-refractivity contribution < 1.29 is 26.7 Å². The molecule has 0 spiro atoms. The van der Waals surface area contributed by atoms with Gasteiger partial charge in [0.05, 0.1) is 0 Å². The minimum Gasteiger partial charge on any atom is -0.403 e. The molecule has 0 aromatic heterocycles. The zero-order chi connectivity index (χ0) is 26.4. The van der Waals surface area contributed by atoms with E-state index in [9.17, 15) is 17.6 Å². The van der Waals surface area contributed by atoms with Gasteiger partial charge in [0.25, 0.3) is 0 Å². The first-order valence-corrected chi connectivity index (χ1v) is 13.5. The van der Waals surface area contributed by atoms with Crippen LogP contribution < -0.4 is 4.74 Å². The highest BCUT2D eigenvalue weighted by Gasteiger charge is 2.32. The van der Waals surface area contributed by atoms with Gasteiger partial charge in [-0.1, -0.05) is 101 Å². The molecule has 0 heterocycles. The zero-order valence-electron chi connectivity index (χ0n) is 21.3. The van der Waals surface area contributed by atoms with Crippen molar-refractivity contribution in [2.75, 3.05) is 0 Å². The molecule has 0 aliphatic heterocycles. The number of hydrogen-bond acceptors (Lipinski definition) is 1. The predicted octanol–water partition coefficient (Wildman–Crippen LogP) is 10.4. The van der Waals surface area contributed by atoms with E-state index in [0.29, 0.717) is 5.39 Å². The predicted molar refractivity (Wildman–Crippen MR) is 139 cm³/mol. The molecule has 200 valence electrons. The second-order valence-corrected chi connectivity index (χ2v) is 10.5. The lowest BCUT2D eigenvalue weighted by Crippen LogP contribution is -2.17. The molecular weight excluding hydrogens is 483 g/mol. The minimum absolute atomic E-state index is 0.129. The normalized spacial score (nSPS) is 18.3. The average molecular weight is 519 g/mol. The maximum atomic E-state index is 15.3. The Bertz CT molecular complexity index is 1180. The Labute approximate surface area is 216 Å². The number of halogens is 5. The van der Waals surface area contributed by atoms with Crippen molar-refractivity contribution in [3.8, 4) is 16.9 Å². The summed E-state index contributed by atoms with van der Waals surface area (Å²) in [7, 11) is 0. The Hall–Kier alpha value is -2.63. The van der Waals surface area contributed by atoms with Crippen LogP contribution in [0, 0.1) is 23.5 Å². The highest BCUT2D eigenvalue weighted by molar-refractivity contribution is 5.88. The van der Waals surface area contributed by atoms with Gasteiger partial charge >= 0.3 is 6.36 Å². The second-order valence-electron chi connectivity index (χ2n) is 10.5. The first kappa shape index (κ1) is 27.4. The summed E-state index contributed by atoms with van der Waals surface area (Å²) in [5.74, 6) is -1.02. The van der Waals surface area contributed by atoms with Gasteiger partial charge in [-0.3, -0.25) is 0 Å². The quantitative estimate of drug-likeness (QED) is 0.192. The molecule has 0 amide bonds. The standard InChI is InChI=1S/C31H35F5O/c1-2-3-4-5-6-21-7-9-22(10-8-21)11-12-23-13-16-26-24(19-23)14-17-27(30(26)33)25-15-18-29(28(32)20-25)37-31(34,35)36/h13-22H,2-12H2,1H3/t21-,22-. The van der Waals surface area contributed by atoms with Crippen LogP contribution in [0.4, 0.5) is 22.0 Å². The van der Waals surface area contributed by atoms with E-state index in [1.807, 2.05) is 12.1 Å². The van der Waals surface area contributed by atoms with Crippen LogP contribution in [0.25, 0.3) is 21.9 Å². The molecule has 1 saturated carbocycles. The summed E-state index contributed by atoms with van der Waals surface area (Å²) in [4.78, 5) is 0. The fourth-order valence-corrected chi connectivity index (χ4v) is 5.64. The van der Waals surface area contributed by atoms with Crippen molar-refractivity contribution in [2.24, 2.45) is 11.8 Å². The third-order valence-electron chi connectivity index (χ3n) is 7.76. The lowest BCUT2D eigenvalue weighted by Gasteiger charge is -2.28. The lowest BCUT2D eigenvalue weighted by atomic mass is 9.77. The molecule has 1 aliphatic rings. The molecule has 0 bridgehead atoms. The smallest absolute Gasteiger partial charge is 0.403 e. The van der Waals surface area contributed by atoms with Crippen molar-refractivity contribution in [1.82, 2.24) is 0 Å². The van der Waals surface area contributed by atoms with Crippen LogP contribution in [0.5, 0.6) is 5.75 Å². The largest absolute Gasteiger partial charge is 0.573 e. The Morgan fingerprint density at radius 3 is 2.22 bits per heavy atom. The maximum absolute atomic E-state index is 15.3. The van der Waals surface area contributed by atoms with Crippen molar-refractivity contribution >= 4 is 10.8 Å². The van der Waals surface area contributed by atoms with E-state index < -0.39 is 23.7 Å². The summed E-state index contributed by atoms with van der Waals surface area (Å²) in [6.45, 7) is 2.25. The molecule has 1 nitrogen and oxygen atoms in total. The van der Waals surface area contributed by atoms with Gasteiger partial charge in [-0.15, -0.1) is 13.2 Å². The first-order valence-electron chi connectivity index (χ1n) is 13.5. The fraction of sp³-hybridized carbons (Fsp3) is 0.484. The summed E-state index contributed by atoms with van der Waals surface area (Å²) in [6, 6.07) is 12.0. The van der Waals surface area contributed by atoms with Gasteiger partial charge in [0.2, 0.25) is 0 Å². The number of aryl methyl sites for hydroxylation is 1. The van der Waals surface area contributed by atoms with E-state index in [0.717, 1.165) is 42.2 Å². The van der Waals surface area contributed by atoms with E-state index in [-0.39, 0.29) is 11.1 Å². The van der Waals surface area contributed by atoms with Gasteiger partial charge < -0.3 is 4.74 Å². The number of fused-ring (bicyclic) bond motifs is 1. The van der Waals surface area contributed by atoms with E-state index >= 15 is 4.39 Å². The van der Waals surface area contributed by atoms with E-state index in [1.54, 1.807) is 18.2 Å². The molecule has 3 aromatic carbocycles. The highest BCUT2D eigenvalue weighted by atomic mass is 19.4. The molecule has 0 unspecified atom stereocenters. The summed E-state index contributed by atoms with van der Waals surface area (Å²) < 4.78 is 70.3. The zero-order valence-corrected chi connectivity index (χ0v) is 21.3. The third kappa shape index (κ3) is 7.45. The van der Waals surface area contributed by atoms with Crippen molar-refractivity contribution in [3.05, 3.63) is 65.7 Å². The Balaban J connectivity index is 1.37. The number of rotatable bonds is 10. The fourth-order valence-electron chi connectivity index (χ4n) is 5.64. The highest BCUT2D eigenvalue weighted by Crippen LogP contribution is 2.36. The van der Waals surface area contributed by atoms with Crippen LogP contribution in [0.1, 0.15) is 76.7 Å². The molecule has 1 aliphatic carbocycles. The monoisotopic (exact) mass is 518 g/mol. The summed E-state index contributed by atoms with van der Waals surface area (Å²) in [5, 5.41) is 1.16. The number of unbranched alkanes of at least 4 members (excludes halogenated alkanes) is 3. The van der Waals surface area contributed by atoms with Crippen molar-refractivity contribution in [3.63, 3.8) is 0 Å². The van der Waals surface area contributed by atoms with Gasteiger partial charge in [0.1, 0.15) is 5.82 Å². The number of alkyl halides is 3. The van der Waals surface area contributed by atoms with Crippen LogP contribution >= 0.6 is 0 Å². The lowest BCUT2D eigenvalue weighted by molar-refractivity contribution is -0.275. The molecule has 4 rings (SSSR count). The minimum atomic E-state index is -5.00. The number of hydrogen-bond donors (Lipinski definition) is 0. The SMILES string of the molecule is CCCCCC[C@H]1CC[C@H](CCc2ccc3c(F)c(-c4ccc(OC(F)(F)F)c(F)c4)ccc3c2)CC1. The molecule has 0 atom stereocenters. The summed E-state index contributed by atoms with van der Waals surface area (Å²) in [5.41, 5.74) is 1.45. The van der Waals surface area contributed by atoms with Crippen LogP contribution in [0.3, 0.4) is 0 Å².